The molecule has 0 radical (unpaired) electrons. The van der Waals surface area contributed by atoms with Crippen LogP contribution in [-0.4, -0.2) is 19.5 Å². The number of benzene rings is 8. The minimum Gasteiger partial charge on any atom is -0.456 e. The predicted octanol–water partition coefficient (Wildman–Crippen LogP) is 13.9. The molecule has 0 spiro atoms. The van der Waals surface area contributed by atoms with E-state index in [1.807, 2.05) is 36.4 Å². The van der Waals surface area contributed by atoms with Crippen molar-refractivity contribution >= 4 is 75.3 Å². The summed E-state index contributed by atoms with van der Waals surface area (Å²) in [5.74, 6) is 1.91. The monoisotopic (exact) mass is 746 g/mol. The van der Waals surface area contributed by atoms with Crippen molar-refractivity contribution in [3.05, 3.63) is 182 Å². The highest BCUT2D eigenvalue weighted by Gasteiger charge is 2.19. The lowest BCUT2D eigenvalue weighted by Crippen LogP contribution is -2.00. The molecule has 5 nitrogen and oxygen atoms in total. The molecular weight excluding hydrogens is 717 g/mol. The fraction of sp³-hybridized carbons (Fsp3) is 0. The highest BCUT2D eigenvalue weighted by Crippen LogP contribution is 2.41. The van der Waals surface area contributed by atoms with Crippen molar-refractivity contribution in [2.45, 2.75) is 0 Å². The van der Waals surface area contributed by atoms with Crippen molar-refractivity contribution in [1.29, 1.82) is 0 Å². The van der Waals surface area contributed by atoms with Gasteiger partial charge in [0, 0.05) is 64.1 Å². The SMILES string of the molecule is c1ccc(-c2nc(-c3ccc4oc5cc(-c6ccc7c(c6)c6ccccc6n7-c6ccccc6)ccc5c4c3)nc(-c3cccc4c3sc3ccccc34)n2)cc1. The van der Waals surface area contributed by atoms with Gasteiger partial charge in [0.05, 0.1) is 11.0 Å². The van der Waals surface area contributed by atoms with Crippen molar-refractivity contribution in [1.82, 2.24) is 19.5 Å². The van der Waals surface area contributed by atoms with Crippen molar-refractivity contribution in [2.24, 2.45) is 0 Å². The van der Waals surface area contributed by atoms with Gasteiger partial charge in [-0.25, -0.2) is 15.0 Å². The molecule has 0 N–H and O–H groups in total. The summed E-state index contributed by atoms with van der Waals surface area (Å²) in [7, 11) is 0. The molecule has 0 atom stereocenters. The zero-order chi connectivity index (χ0) is 37.5. The van der Waals surface area contributed by atoms with E-state index in [4.69, 9.17) is 19.4 Å². The van der Waals surface area contributed by atoms with Gasteiger partial charge in [-0.3, -0.25) is 0 Å². The van der Waals surface area contributed by atoms with Crippen LogP contribution in [0.2, 0.25) is 0 Å². The van der Waals surface area contributed by atoms with Crippen molar-refractivity contribution in [3.63, 3.8) is 0 Å². The van der Waals surface area contributed by atoms with Crippen LogP contribution in [-0.2, 0) is 0 Å². The second-order valence-corrected chi connectivity index (χ2v) is 15.4. The Morgan fingerprint density at radius 1 is 0.386 bits per heavy atom. The maximum Gasteiger partial charge on any atom is 0.165 e. The summed E-state index contributed by atoms with van der Waals surface area (Å²) in [5, 5.41) is 6.97. The lowest BCUT2D eigenvalue weighted by molar-refractivity contribution is 0.669. The molecule has 0 saturated carbocycles. The second kappa shape index (κ2) is 12.6. The summed E-state index contributed by atoms with van der Waals surface area (Å²) in [5.41, 5.74) is 10.3. The zero-order valence-corrected chi connectivity index (χ0v) is 31.2. The van der Waals surface area contributed by atoms with Gasteiger partial charge in [0.25, 0.3) is 0 Å². The zero-order valence-electron chi connectivity index (χ0n) is 30.4. The average Bonchev–Trinajstić information content (AvgIpc) is 3.95. The van der Waals surface area contributed by atoms with Crippen LogP contribution in [0.1, 0.15) is 0 Å². The van der Waals surface area contributed by atoms with Crippen molar-refractivity contribution < 1.29 is 4.42 Å². The predicted molar refractivity (Wildman–Crippen MR) is 236 cm³/mol. The molecule has 57 heavy (non-hydrogen) atoms. The van der Waals surface area contributed by atoms with Crippen molar-refractivity contribution in [2.75, 3.05) is 0 Å². The summed E-state index contributed by atoms with van der Waals surface area (Å²) >= 11 is 1.78. The average molecular weight is 747 g/mol. The first-order valence-electron chi connectivity index (χ1n) is 19.0. The third kappa shape index (κ3) is 5.12. The van der Waals surface area contributed by atoms with E-state index < -0.39 is 0 Å². The molecular formula is C51H30N4OS. The molecule has 4 heterocycles. The fourth-order valence-electron chi connectivity index (χ4n) is 8.37. The van der Waals surface area contributed by atoms with Crippen LogP contribution in [0.5, 0.6) is 0 Å². The molecule has 0 saturated heterocycles. The van der Waals surface area contributed by atoms with E-state index in [0.717, 1.165) is 55.4 Å². The van der Waals surface area contributed by atoms with E-state index in [2.05, 4.69) is 150 Å². The van der Waals surface area contributed by atoms with Gasteiger partial charge in [0.1, 0.15) is 11.2 Å². The summed E-state index contributed by atoms with van der Waals surface area (Å²) in [6, 6.07) is 63.8. The van der Waals surface area contributed by atoms with E-state index >= 15 is 0 Å². The molecule has 12 rings (SSSR count). The van der Waals surface area contributed by atoms with Gasteiger partial charge in [-0.2, -0.15) is 0 Å². The molecule has 12 aromatic rings. The van der Waals surface area contributed by atoms with E-state index in [1.54, 1.807) is 11.3 Å². The first kappa shape index (κ1) is 31.9. The molecule has 0 bridgehead atoms. The maximum absolute atomic E-state index is 6.53. The van der Waals surface area contributed by atoms with E-state index in [0.29, 0.717) is 17.5 Å². The second-order valence-electron chi connectivity index (χ2n) is 14.4. The van der Waals surface area contributed by atoms with E-state index in [9.17, 15) is 0 Å². The summed E-state index contributed by atoms with van der Waals surface area (Å²) in [6.07, 6.45) is 0. The molecule has 266 valence electrons. The fourth-order valence-corrected chi connectivity index (χ4v) is 9.58. The van der Waals surface area contributed by atoms with Crippen LogP contribution in [0.25, 0.3) is 115 Å². The topological polar surface area (TPSA) is 56.7 Å². The van der Waals surface area contributed by atoms with Crippen LogP contribution in [0.4, 0.5) is 0 Å². The Hall–Kier alpha value is -7.41. The lowest BCUT2D eigenvalue weighted by Gasteiger charge is -2.09. The number of hydrogen-bond donors (Lipinski definition) is 0. The molecule has 6 heteroatoms. The Bertz CT molecular complexity index is 3530. The molecule has 0 fully saturated rings. The maximum atomic E-state index is 6.53. The Balaban J connectivity index is 0.977. The van der Waals surface area contributed by atoms with Crippen LogP contribution in [0.3, 0.4) is 0 Å². The minimum absolute atomic E-state index is 0.618. The van der Waals surface area contributed by atoms with Gasteiger partial charge in [0.15, 0.2) is 17.5 Å². The van der Waals surface area contributed by atoms with Gasteiger partial charge in [-0.15, -0.1) is 11.3 Å². The molecule has 0 aliphatic carbocycles. The van der Waals surface area contributed by atoms with E-state index in [1.165, 1.54) is 42.0 Å². The Morgan fingerprint density at radius 3 is 1.91 bits per heavy atom. The van der Waals surface area contributed by atoms with Crippen LogP contribution >= 0.6 is 11.3 Å². The number of thiophene rings is 1. The highest BCUT2D eigenvalue weighted by atomic mass is 32.1. The smallest absolute Gasteiger partial charge is 0.165 e. The quantitative estimate of drug-likeness (QED) is 0.176. The number of para-hydroxylation sites is 2. The van der Waals surface area contributed by atoms with Gasteiger partial charge in [-0.1, -0.05) is 109 Å². The van der Waals surface area contributed by atoms with Gasteiger partial charge >= 0.3 is 0 Å². The highest BCUT2D eigenvalue weighted by molar-refractivity contribution is 7.26. The first-order valence-corrected chi connectivity index (χ1v) is 19.8. The molecule has 0 unspecified atom stereocenters. The summed E-state index contributed by atoms with van der Waals surface area (Å²) < 4.78 is 11.3. The number of hydrogen-bond acceptors (Lipinski definition) is 5. The third-order valence-corrected chi connectivity index (χ3v) is 12.3. The minimum atomic E-state index is 0.618. The van der Waals surface area contributed by atoms with Gasteiger partial charge < -0.3 is 8.98 Å². The molecule has 8 aromatic carbocycles. The van der Waals surface area contributed by atoms with Crippen LogP contribution in [0, 0.1) is 0 Å². The largest absolute Gasteiger partial charge is 0.456 e. The third-order valence-electron chi connectivity index (χ3n) is 11.1. The number of rotatable bonds is 5. The van der Waals surface area contributed by atoms with Crippen molar-refractivity contribution in [3.8, 4) is 51.0 Å². The number of aromatic nitrogens is 4. The lowest BCUT2D eigenvalue weighted by atomic mass is 10.0. The van der Waals surface area contributed by atoms with Gasteiger partial charge in [0.2, 0.25) is 0 Å². The molecule has 0 amide bonds. The summed E-state index contributed by atoms with van der Waals surface area (Å²) in [6.45, 7) is 0. The standard InChI is InChI=1S/C51H30N4OS/c1-3-12-31(13-4-1)49-52-50(54-51(53-49)40-19-11-18-39-38-17-8-10-21-47(38)57-48(39)40)34-24-27-45-42(29-34)37-25-22-33(30-46(37)56-45)32-23-26-44-41(28-32)36-16-7-9-20-43(36)55(44)35-14-5-2-6-15-35/h1-30H. The molecule has 4 aromatic heterocycles. The normalized spacial score (nSPS) is 11.9. The van der Waals surface area contributed by atoms with Gasteiger partial charge in [-0.05, 0) is 83.9 Å². The molecule has 0 aliphatic heterocycles. The number of nitrogens with zero attached hydrogens (tertiary/aromatic N) is 4. The molecule has 0 aliphatic rings. The number of fused-ring (bicyclic) bond motifs is 9. The Morgan fingerprint density at radius 2 is 1.04 bits per heavy atom. The van der Waals surface area contributed by atoms with Crippen LogP contribution < -0.4 is 0 Å². The number of furan rings is 1. The Labute approximate surface area is 330 Å². The van der Waals surface area contributed by atoms with E-state index in [-0.39, 0.29) is 0 Å². The Kier molecular flexibility index (Phi) is 7.03. The first-order chi connectivity index (χ1) is 28.2. The summed E-state index contributed by atoms with van der Waals surface area (Å²) in [4.78, 5) is 15.3. The van der Waals surface area contributed by atoms with Crippen LogP contribution in [0.15, 0.2) is 186 Å².